The molecular weight excluding hydrogens is 420 g/mol. The van der Waals surface area contributed by atoms with Crippen LogP contribution in [0, 0.1) is 6.92 Å². The molecule has 0 aliphatic heterocycles. The summed E-state index contributed by atoms with van der Waals surface area (Å²) in [5.74, 6) is 0.649. The van der Waals surface area contributed by atoms with Crippen LogP contribution in [0.1, 0.15) is 11.3 Å². The van der Waals surface area contributed by atoms with Crippen molar-refractivity contribution < 1.29 is 4.42 Å². The average molecular weight is 439 g/mol. The maximum absolute atomic E-state index is 6.02. The van der Waals surface area contributed by atoms with Crippen molar-refractivity contribution in [3.8, 4) is 32.5 Å². The van der Waals surface area contributed by atoms with E-state index >= 15 is 0 Å². The number of benzene rings is 2. The van der Waals surface area contributed by atoms with E-state index in [9.17, 15) is 0 Å². The summed E-state index contributed by atoms with van der Waals surface area (Å²) in [6.07, 6.45) is 3.29. The van der Waals surface area contributed by atoms with E-state index in [1.165, 1.54) is 16.9 Å². The molecule has 0 spiro atoms. The minimum Gasteiger partial charge on any atom is -0.401 e. The molecule has 32 heavy (non-hydrogen) atoms. The fourth-order valence-corrected chi connectivity index (χ4v) is 4.19. The number of nitrogens with two attached hydrogens (primary N) is 1. The summed E-state index contributed by atoms with van der Waals surface area (Å²) < 4.78 is 5.73. The minimum absolute atomic E-state index is 0.0934. The molecule has 0 unspecified atom stereocenters. The zero-order valence-electron chi connectivity index (χ0n) is 17.1. The van der Waals surface area contributed by atoms with Crippen LogP contribution in [-0.2, 0) is 0 Å². The smallest absolute Gasteiger partial charge is 0.344 e. The number of pyridine rings is 1. The summed E-state index contributed by atoms with van der Waals surface area (Å²) in [4.78, 5) is 13.7. The molecule has 0 aliphatic carbocycles. The van der Waals surface area contributed by atoms with Gasteiger partial charge in [0.2, 0.25) is 0 Å². The Morgan fingerprint density at radius 3 is 2.31 bits per heavy atom. The van der Waals surface area contributed by atoms with Crippen molar-refractivity contribution in [1.82, 2.24) is 20.2 Å². The van der Waals surface area contributed by atoms with E-state index in [2.05, 4.69) is 56.6 Å². The molecule has 0 aliphatic rings. The third kappa shape index (κ3) is 4.03. The van der Waals surface area contributed by atoms with E-state index < -0.39 is 0 Å². The van der Waals surface area contributed by atoms with Crippen molar-refractivity contribution in [2.75, 3.05) is 0 Å². The molecule has 3 aromatic heterocycles. The molecular formula is C24H18N6OS. The Labute approximate surface area is 188 Å². The lowest BCUT2D eigenvalue weighted by molar-refractivity contribution is 0.580. The Balaban J connectivity index is 1.40. The van der Waals surface area contributed by atoms with Crippen LogP contribution in [0.25, 0.3) is 32.5 Å². The molecule has 0 amide bonds. The number of hydrogen-bond acceptors (Lipinski definition) is 7. The predicted octanol–water partition coefficient (Wildman–Crippen LogP) is 5.27. The van der Waals surface area contributed by atoms with Crippen LogP contribution in [-0.4, -0.2) is 26.0 Å². The van der Waals surface area contributed by atoms with Crippen LogP contribution in [0.2, 0.25) is 0 Å². The van der Waals surface area contributed by atoms with Gasteiger partial charge in [-0.05, 0) is 30.2 Å². The number of amidine groups is 1. The molecule has 0 bridgehead atoms. The summed E-state index contributed by atoms with van der Waals surface area (Å²) in [5.41, 5.74) is 10.9. The second kappa shape index (κ2) is 8.52. The first-order valence-corrected chi connectivity index (χ1v) is 10.7. The van der Waals surface area contributed by atoms with Gasteiger partial charge in [-0.15, -0.1) is 16.4 Å². The van der Waals surface area contributed by atoms with Gasteiger partial charge in [0, 0.05) is 23.5 Å². The third-order valence-corrected chi connectivity index (χ3v) is 6.03. The highest BCUT2D eigenvalue weighted by atomic mass is 32.1. The Morgan fingerprint density at radius 1 is 0.875 bits per heavy atom. The lowest BCUT2D eigenvalue weighted by Crippen LogP contribution is -2.12. The summed E-state index contributed by atoms with van der Waals surface area (Å²) >= 11 is 1.50. The first-order chi connectivity index (χ1) is 15.7. The van der Waals surface area contributed by atoms with Gasteiger partial charge >= 0.3 is 6.01 Å². The quantitative estimate of drug-likeness (QED) is 0.296. The first-order valence-electron chi connectivity index (χ1n) is 9.89. The molecule has 3 heterocycles. The van der Waals surface area contributed by atoms with Gasteiger partial charge in [0.25, 0.3) is 5.89 Å². The second-order valence-corrected chi connectivity index (χ2v) is 8.00. The molecule has 7 nitrogen and oxygen atoms in total. The lowest BCUT2D eigenvalue weighted by atomic mass is 10.0. The van der Waals surface area contributed by atoms with Gasteiger partial charge in [-0.1, -0.05) is 59.7 Å². The molecule has 2 aromatic carbocycles. The normalized spacial score (nSPS) is 11.6. The first kappa shape index (κ1) is 19.8. The molecule has 0 radical (unpaired) electrons. The zero-order valence-corrected chi connectivity index (χ0v) is 18.0. The molecule has 5 aromatic rings. The number of nitrogens with zero attached hydrogens (tertiary/aromatic N) is 5. The van der Waals surface area contributed by atoms with Gasteiger partial charge in [-0.25, -0.2) is 4.98 Å². The minimum atomic E-state index is 0.0934. The number of rotatable bonds is 5. The number of aromatic nitrogens is 4. The molecule has 2 N–H and O–H groups in total. The molecule has 8 heteroatoms. The maximum Gasteiger partial charge on any atom is 0.344 e. The van der Waals surface area contributed by atoms with Crippen LogP contribution in [0.5, 0.6) is 0 Å². The molecule has 156 valence electrons. The number of aliphatic imine (C=N–C) groups is 1. The van der Waals surface area contributed by atoms with E-state index in [-0.39, 0.29) is 11.9 Å². The van der Waals surface area contributed by atoms with Crippen LogP contribution < -0.4 is 5.73 Å². The van der Waals surface area contributed by atoms with Crippen LogP contribution in [0.3, 0.4) is 0 Å². The fourth-order valence-electron chi connectivity index (χ4n) is 3.20. The van der Waals surface area contributed by atoms with Crippen molar-refractivity contribution in [2.24, 2.45) is 10.7 Å². The summed E-state index contributed by atoms with van der Waals surface area (Å²) in [6, 6.07) is 22.2. The standard InChI is InChI=1S/C24H18N6OS/c1-15-20(22-29-30-24(31-22)28-21(25)18-11-13-26-14-12-18)32-23(27-15)19-9-7-17(8-10-19)16-5-3-2-4-6-16/h2-14H,1H3,(H2,25,28,30). The van der Waals surface area contributed by atoms with E-state index in [0.29, 0.717) is 5.89 Å². The molecule has 0 atom stereocenters. The van der Waals surface area contributed by atoms with Crippen molar-refractivity contribution in [2.45, 2.75) is 6.92 Å². The topological polar surface area (TPSA) is 103 Å². The predicted molar refractivity (Wildman–Crippen MR) is 126 cm³/mol. The van der Waals surface area contributed by atoms with Gasteiger partial charge in [0.1, 0.15) is 15.7 Å². The number of hydrogen-bond donors (Lipinski definition) is 1. The fraction of sp³-hybridized carbons (Fsp3) is 0.0417. The molecule has 0 saturated carbocycles. The van der Waals surface area contributed by atoms with Gasteiger partial charge in [0.05, 0.1) is 5.69 Å². The zero-order chi connectivity index (χ0) is 21.9. The van der Waals surface area contributed by atoms with Crippen molar-refractivity contribution in [1.29, 1.82) is 0 Å². The third-order valence-electron chi connectivity index (χ3n) is 4.84. The average Bonchev–Trinajstić information content (AvgIpc) is 3.46. The SMILES string of the molecule is Cc1nc(-c2ccc(-c3ccccc3)cc2)sc1-c1nnc(/N=C(\N)c2ccncc2)o1. The van der Waals surface area contributed by atoms with Crippen LogP contribution >= 0.6 is 11.3 Å². The van der Waals surface area contributed by atoms with Crippen molar-refractivity contribution in [3.63, 3.8) is 0 Å². The highest BCUT2D eigenvalue weighted by Crippen LogP contribution is 2.36. The van der Waals surface area contributed by atoms with Gasteiger partial charge in [0.15, 0.2) is 0 Å². The van der Waals surface area contributed by atoms with Crippen LogP contribution in [0.15, 0.2) is 88.5 Å². The lowest BCUT2D eigenvalue weighted by Gasteiger charge is -2.02. The molecule has 0 saturated heterocycles. The number of thiazole rings is 1. The van der Waals surface area contributed by atoms with Gasteiger partial charge in [-0.3, -0.25) is 4.98 Å². The Kier molecular flexibility index (Phi) is 5.27. The number of aryl methyl sites for hydroxylation is 1. The molecule has 5 rings (SSSR count). The highest BCUT2D eigenvalue weighted by Gasteiger charge is 2.17. The van der Waals surface area contributed by atoms with E-state index in [0.717, 1.165) is 32.3 Å². The van der Waals surface area contributed by atoms with Crippen molar-refractivity contribution >= 4 is 23.2 Å². The largest absolute Gasteiger partial charge is 0.401 e. The highest BCUT2D eigenvalue weighted by molar-refractivity contribution is 7.18. The van der Waals surface area contributed by atoms with Gasteiger partial charge < -0.3 is 10.2 Å². The van der Waals surface area contributed by atoms with E-state index in [1.807, 2.05) is 25.1 Å². The summed E-state index contributed by atoms with van der Waals surface area (Å²) in [5, 5.41) is 9.02. The monoisotopic (exact) mass is 438 g/mol. The van der Waals surface area contributed by atoms with Crippen molar-refractivity contribution in [3.05, 3.63) is 90.4 Å². The molecule has 0 fully saturated rings. The Morgan fingerprint density at radius 2 is 1.56 bits per heavy atom. The Hall–Kier alpha value is -4.17. The summed E-state index contributed by atoms with van der Waals surface area (Å²) in [6.45, 7) is 1.92. The van der Waals surface area contributed by atoms with Crippen LogP contribution in [0.4, 0.5) is 6.01 Å². The van der Waals surface area contributed by atoms with E-state index in [4.69, 9.17) is 15.1 Å². The van der Waals surface area contributed by atoms with E-state index in [1.54, 1.807) is 24.5 Å². The Bertz CT molecular complexity index is 1380. The maximum atomic E-state index is 6.02. The second-order valence-electron chi connectivity index (χ2n) is 7.00. The van der Waals surface area contributed by atoms with Gasteiger partial charge in [-0.2, -0.15) is 4.99 Å². The summed E-state index contributed by atoms with van der Waals surface area (Å²) in [7, 11) is 0.